The van der Waals surface area contributed by atoms with Crippen LogP contribution in [0.15, 0.2) is 23.6 Å². The first-order chi connectivity index (χ1) is 8.75. The highest BCUT2D eigenvalue weighted by molar-refractivity contribution is 7.99. The van der Waals surface area contributed by atoms with Gasteiger partial charge >= 0.3 is 0 Å². The number of hydrogen-bond donors (Lipinski definition) is 1. The lowest BCUT2D eigenvalue weighted by Gasteiger charge is -2.28. The van der Waals surface area contributed by atoms with Crippen molar-refractivity contribution in [3.8, 4) is 0 Å². The van der Waals surface area contributed by atoms with Gasteiger partial charge in [-0.25, -0.2) is 0 Å². The molecule has 0 radical (unpaired) electrons. The zero-order chi connectivity index (χ0) is 12.8. The molecule has 0 spiro atoms. The minimum atomic E-state index is -0.161. The highest BCUT2D eigenvalue weighted by atomic mass is 32.2. The minimum absolute atomic E-state index is 0.161. The second kappa shape index (κ2) is 6.92. The van der Waals surface area contributed by atoms with Crippen LogP contribution in [0.5, 0.6) is 0 Å². The summed E-state index contributed by atoms with van der Waals surface area (Å²) in [7, 11) is 0. The zero-order valence-corrected chi connectivity index (χ0v) is 12.2. The van der Waals surface area contributed by atoms with Gasteiger partial charge in [-0.15, -0.1) is 11.3 Å². The van der Waals surface area contributed by atoms with Gasteiger partial charge in [0.2, 0.25) is 5.91 Å². The molecule has 6 heteroatoms. The predicted octanol–water partition coefficient (Wildman–Crippen LogP) is 2.21. The molecule has 0 aromatic carbocycles. The van der Waals surface area contributed by atoms with E-state index in [2.05, 4.69) is 5.32 Å². The normalized spacial score (nSPS) is 15.9. The van der Waals surface area contributed by atoms with Gasteiger partial charge in [0.25, 0.3) is 0 Å². The Morgan fingerprint density at radius 2 is 2.22 bits per heavy atom. The van der Waals surface area contributed by atoms with Crippen molar-refractivity contribution in [1.29, 1.82) is 0 Å². The zero-order valence-electron chi connectivity index (χ0n) is 9.80. The van der Waals surface area contributed by atoms with E-state index >= 15 is 0 Å². The number of carbonyl (C=O) groups excluding carboxylic acids is 1. The van der Waals surface area contributed by atoms with Crippen molar-refractivity contribution < 1.29 is 4.79 Å². The van der Waals surface area contributed by atoms with Crippen molar-refractivity contribution in [3.63, 3.8) is 0 Å². The topological polar surface area (TPSA) is 32.3 Å². The second-order valence-electron chi connectivity index (χ2n) is 3.74. The smallest absolute Gasteiger partial charge is 0.250 e. The highest BCUT2D eigenvalue weighted by Crippen LogP contribution is 2.10. The Morgan fingerprint density at radius 1 is 1.44 bits per heavy atom. The third-order valence-corrected chi connectivity index (χ3v) is 4.61. The van der Waals surface area contributed by atoms with Crippen molar-refractivity contribution in [2.75, 3.05) is 24.6 Å². The quantitative estimate of drug-likeness (QED) is 0.670. The average molecular weight is 298 g/mol. The Kier molecular flexibility index (Phi) is 5.22. The third kappa shape index (κ3) is 4.12. The summed E-state index contributed by atoms with van der Waals surface area (Å²) in [6.45, 7) is 1.83. The van der Waals surface area contributed by atoms with E-state index < -0.39 is 0 Å². The lowest BCUT2D eigenvalue weighted by molar-refractivity contribution is -0.115. The average Bonchev–Trinajstić information content (AvgIpc) is 2.90. The molecule has 1 aromatic heterocycles. The molecule has 3 nitrogen and oxygen atoms in total. The Morgan fingerprint density at radius 3 is 2.89 bits per heavy atom. The van der Waals surface area contributed by atoms with Gasteiger partial charge < -0.3 is 4.90 Å². The fraction of sp³-hybridized carbons (Fsp3) is 0.333. The summed E-state index contributed by atoms with van der Waals surface area (Å²) in [6.07, 6.45) is 3.32. The van der Waals surface area contributed by atoms with E-state index in [-0.39, 0.29) is 5.91 Å². The van der Waals surface area contributed by atoms with Gasteiger partial charge in [-0.1, -0.05) is 6.07 Å². The van der Waals surface area contributed by atoms with Crippen LogP contribution in [0.25, 0.3) is 6.08 Å². The van der Waals surface area contributed by atoms with Crippen LogP contribution in [-0.4, -0.2) is 40.5 Å². The molecule has 0 unspecified atom stereocenters. The van der Waals surface area contributed by atoms with Gasteiger partial charge in [0.15, 0.2) is 5.11 Å². The number of hydrogen-bond acceptors (Lipinski definition) is 4. The molecule has 1 amide bonds. The predicted molar refractivity (Wildman–Crippen MR) is 83.0 cm³/mol. The number of thiocarbonyl (C=S) groups is 1. The van der Waals surface area contributed by atoms with Gasteiger partial charge in [0, 0.05) is 35.5 Å². The Balaban J connectivity index is 1.81. The van der Waals surface area contributed by atoms with E-state index in [1.807, 2.05) is 34.2 Å². The molecular weight excluding hydrogens is 284 g/mol. The number of carbonyl (C=O) groups is 1. The summed E-state index contributed by atoms with van der Waals surface area (Å²) in [5.41, 5.74) is 0. The number of rotatable bonds is 2. The van der Waals surface area contributed by atoms with E-state index in [0.29, 0.717) is 5.11 Å². The fourth-order valence-corrected chi connectivity index (χ4v) is 3.34. The molecule has 1 N–H and O–H groups in total. The van der Waals surface area contributed by atoms with Gasteiger partial charge in [-0.2, -0.15) is 11.8 Å². The SMILES string of the molecule is O=C(/C=C\c1cccs1)NC(=S)N1CCSCC1. The first-order valence-corrected chi connectivity index (χ1v) is 8.09. The summed E-state index contributed by atoms with van der Waals surface area (Å²) in [4.78, 5) is 14.8. The van der Waals surface area contributed by atoms with E-state index in [1.54, 1.807) is 17.4 Å². The van der Waals surface area contributed by atoms with E-state index in [4.69, 9.17) is 12.2 Å². The summed E-state index contributed by atoms with van der Waals surface area (Å²) >= 11 is 8.73. The van der Waals surface area contributed by atoms with Crippen LogP contribution in [0.2, 0.25) is 0 Å². The largest absolute Gasteiger partial charge is 0.347 e. The maximum absolute atomic E-state index is 11.7. The molecule has 1 aliphatic heterocycles. The lowest BCUT2D eigenvalue weighted by atomic mass is 10.4. The van der Waals surface area contributed by atoms with Crippen LogP contribution >= 0.6 is 35.3 Å². The van der Waals surface area contributed by atoms with E-state index in [0.717, 1.165) is 29.5 Å². The second-order valence-corrected chi connectivity index (χ2v) is 6.33. The first-order valence-electron chi connectivity index (χ1n) is 5.65. The molecule has 1 aliphatic rings. The molecule has 2 heterocycles. The summed E-state index contributed by atoms with van der Waals surface area (Å²) in [5, 5.41) is 5.26. The van der Waals surface area contributed by atoms with E-state index in [1.165, 1.54) is 6.08 Å². The summed E-state index contributed by atoms with van der Waals surface area (Å²) in [6, 6.07) is 3.92. The van der Waals surface area contributed by atoms with Crippen molar-refractivity contribution >= 4 is 52.4 Å². The van der Waals surface area contributed by atoms with Gasteiger partial charge in [0.1, 0.15) is 0 Å². The van der Waals surface area contributed by atoms with Gasteiger partial charge in [-0.05, 0) is 29.7 Å². The molecule has 2 rings (SSSR count). The molecule has 0 atom stereocenters. The van der Waals surface area contributed by atoms with Gasteiger partial charge in [0.05, 0.1) is 0 Å². The number of nitrogens with zero attached hydrogens (tertiary/aromatic N) is 1. The van der Waals surface area contributed by atoms with Crippen LogP contribution in [0.4, 0.5) is 0 Å². The number of amides is 1. The molecule has 0 saturated carbocycles. The number of nitrogens with one attached hydrogen (secondary N) is 1. The molecule has 1 aromatic rings. The van der Waals surface area contributed by atoms with Crippen molar-refractivity contribution in [1.82, 2.24) is 10.2 Å². The van der Waals surface area contributed by atoms with E-state index in [9.17, 15) is 4.79 Å². The van der Waals surface area contributed by atoms with Crippen LogP contribution in [0.3, 0.4) is 0 Å². The summed E-state index contributed by atoms with van der Waals surface area (Å²) in [5.74, 6) is 1.98. The van der Waals surface area contributed by atoms with Crippen molar-refractivity contribution in [2.45, 2.75) is 0 Å². The van der Waals surface area contributed by atoms with Crippen LogP contribution in [0, 0.1) is 0 Å². The Hall–Kier alpha value is -0.850. The van der Waals surface area contributed by atoms with Crippen LogP contribution in [-0.2, 0) is 4.79 Å². The first kappa shape index (κ1) is 13.6. The number of thiophene rings is 1. The van der Waals surface area contributed by atoms with Crippen LogP contribution < -0.4 is 5.32 Å². The standard InChI is InChI=1S/C12H14N2OS3/c15-11(4-3-10-2-1-7-18-10)13-12(16)14-5-8-17-9-6-14/h1-4,7H,5-6,8-9H2,(H,13,15,16)/b4-3-. The molecule has 96 valence electrons. The molecule has 18 heavy (non-hydrogen) atoms. The molecule has 0 bridgehead atoms. The monoisotopic (exact) mass is 298 g/mol. The van der Waals surface area contributed by atoms with Crippen molar-refractivity contribution in [2.24, 2.45) is 0 Å². The van der Waals surface area contributed by atoms with Crippen molar-refractivity contribution in [3.05, 3.63) is 28.5 Å². The summed E-state index contributed by atoms with van der Waals surface area (Å²) < 4.78 is 0. The third-order valence-electron chi connectivity index (χ3n) is 2.47. The molecule has 0 aliphatic carbocycles. The highest BCUT2D eigenvalue weighted by Gasteiger charge is 2.14. The molecule has 1 fully saturated rings. The minimum Gasteiger partial charge on any atom is -0.347 e. The Bertz CT molecular complexity index is 436. The molecule has 1 saturated heterocycles. The fourth-order valence-electron chi connectivity index (χ4n) is 1.54. The Labute approximate surface area is 120 Å². The lowest BCUT2D eigenvalue weighted by Crippen LogP contribution is -2.45. The van der Waals surface area contributed by atoms with Gasteiger partial charge in [-0.3, -0.25) is 10.1 Å². The maximum Gasteiger partial charge on any atom is 0.250 e. The van der Waals surface area contributed by atoms with Crippen LogP contribution in [0.1, 0.15) is 4.88 Å². The number of thioether (sulfide) groups is 1. The maximum atomic E-state index is 11.7. The molecular formula is C12H14N2OS3.